The first-order valence-corrected chi connectivity index (χ1v) is 7.02. The van der Waals surface area contributed by atoms with E-state index in [9.17, 15) is 0 Å². The molecule has 1 aromatic heterocycles. The lowest BCUT2D eigenvalue weighted by Gasteiger charge is -2.60. The second-order valence-corrected chi connectivity index (χ2v) is 6.34. The van der Waals surface area contributed by atoms with Gasteiger partial charge in [0.1, 0.15) is 5.60 Å². The van der Waals surface area contributed by atoms with Gasteiger partial charge in [0.2, 0.25) is 0 Å². The van der Waals surface area contributed by atoms with E-state index in [0.717, 1.165) is 17.4 Å². The molecule has 0 saturated heterocycles. The summed E-state index contributed by atoms with van der Waals surface area (Å²) in [6, 6.07) is 0. The van der Waals surface area contributed by atoms with E-state index in [2.05, 4.69) is 15.4 Å². The van der Waals surface area contributed by atoms with Gasteiger partial charge in [0.15, 0.2) is 0 Å². The zero-order valence-corrected chi connectivity index (χ0v) is 10.7. The van der Waals surface area contributed by atoms with E-state index in [0.29, 0.717) is 11.8 Å². The van der Waals surface area contributed by atoms with Gasteiger partial charge in [-0.05, 0) is 61.0 Å². The summed E-state index contributed by atoms with van der Waals surface area (Å²) in [6.45, 7) is 0. The summed E-state index contributed by atoms with van der Waals surface area (Å²) in [6.07, 6.45) is 10.5. The molecule has 18 heavy (non-hydrogen) atoms. The Morgan fingerprint density at radius 3 is 2.06 bits per heavy atom. The van der Waals surface area contributed by atoms with Gasteiger partial charge in [-0.3, -0.25) is 0 Å². The second kappa shape index (κ2) is 3.73. The van der Waals surface area contributed by atoms with Crippen LogP contribution in [0.5, 0.6) is 0 Å². The van der Waals surface area contributed by atoms with E-state index in [1.54, 1.807) is 0 Å². The Morgan fingerprint density at radius 2 is 1.56 bits per heavy atom. The summed E-state index contributed by atoms with van der Waals surface area (Å²) < 4.78 is 6.09. The van der Waals surface area contributed by atoms with Crippen LogP contribution in [0.1, 0.15) is 37.7 Å². The van der Waals surface area contributed by atoms with E-state index in [-0.39, 0.29) is 5.60 Å². The highest BCUT2D eigenvalue weighted by molar-refractivity contribution is 5.22. The number of methoxy groups -OCH3 is 1. The van der Waals surface area contributed by atoms with E-state index >= 15 is 0 Å². The minimum atomic E-state index is -0.129. The molecule has 0 spiro atoms. The van der Waals surface area contributed by atoms with Crippen LogP contribution in [-0.2, 0) is 10.3 Å². The lowest BCUT2D eigenvalue weighted by molar-refractivity contribution is -0.197. The normalized spacial score (nSPS) is 45.4. The average Bonchev–Trinajstić information content (AvgIpc) is 2.40. The highest BCUT2D eigenvalue weighted by Crippen LogP contribution is 2.62. The van der Waals surface area contributed by atoms with Crippen molar-refractivity contribution in [3.05, 3.63) is 18.0 Å². The number of nitrogens with zero attached hydrogens (tertiary/aromatic N) is 3. The molecule has 96 valence electrons. The number of hydrogen-bond acceptors (Lipinski definition) is 4. The highest BCUT2D eigenvalue weighted by atomic mass is 16.5. The summed E-state index contributed by atoms with van der Waals surface area (Å²) in [4.78, 5) is 0. The highest BCUT2D eigenvalue weighted by Gasteiger charge is 2.58. The van der Waals surface area contributed by atoms with Crippen LogP contribution in [0.15, 0.2) is 12.4 Å². The smallest absolute Gasteiger partial charge is 0.101 e. The minimum absolute atomic E-state index is 0.129. The SMILES string of the molecule is COC1(c2cnnnc2)C2CC3CC(C2)CC1C3. The Kier molecular flexibility index (Phi) is 2.25. The third-order valence-electron chi connectivity index (χ3n) is 5.64. The van der Waals surface area contributed by atoms with Gasteiger partial charge >= 0.3 is 0 Å². The summed E-state index contributed by atoms with van der Waals surface area (Å²) in [7, 11) is 1.86. The molecule has 4 bridgehead atoms. The van der Waals surface area contributed by atoms with Crippen molar-refractivity contribution in [2.75, 3.05) is 7.11 Å². The van der Waals surface area contributed by atoms with E-state index in [1.165, 1.54) is 32.1 Å². The van der Waals surface area contributed by atoms with Crippen LogP contribution in [0.2, 0.25) is 0 Å². The number of ether oxygens (including phenoxy) is 1. The van der Waals surface area contributed by atoms with E-state index in [1.807, 2.05) is 19.5 Å². The Hall–Kier alpha value is -1.03. The molecule has 1 heterocycles. The number of hydrogen-bond donors (Lipinski definition) is 0. The van der Waals surface area contributed by atoms with E-state index < -0.39 is 0 Å². The summed E-state index contributed by atoms with van der Waals surface area (Å²) in [5.41, 5.74) is 1.02. The van der Waals surface area contributed by atoms with Gasteiger partial charge in [0.05, 0.1) is 12.4 Å². The molecule has 0 unspecified atom stereocenters. The van der Waals surface area contributed by atoms with Gasteiger partial charge in [-0.2, -0.15) is 0 Å². The predicted octanol–water partition coefficient (Wildman–Crippen LogP) is 2.17. The molecule has 4 aliphatic carbocycles. The van der Waals surface area contributed by atoms with Crippen LogP contribution in [0.3, 0.4) is 0 Å². The van der Waals surface area contributed by atoms with Crippen LogP contribution < -0.4 is 0 Å². The van der Waals surface area contributed by atoms with Crippen molar-refractivity contribution in [2.45, 2.75) is 37.7 Å². The first kappa shape index (κ1) is 10.9. The first-order valence-electron chi connectivity index (χ1n) is 7.02. The van der Waals surface area contributed by atoms with Crippen molar-refractivity contribution in [1.29, 1.82) is 0 Å². The van der Waals surface area contributed by atoms with Gasteiger partial charge in [-0.15, -0.1) is 10.2 Å². The number of aromatic nitrogens is 3. The maximum absolute atomic E-state index is 6.09. The van der Waals surface area contributed by atoms with Gasteiger partial charge < -0.3 is 4.74 Å². The molecule has 0 atom stereocenters. The van der Waals surface area contributed by atoms with Crippen LogP contribution in [-0.4, -0.2) is 22.5 Å². The minimum Gasteiger partial charge on any atom is -0.373 e. The van der Waals surface area contributed by atoms with E-state index in [4.69, 9.17) is 4.74 Å². The van der Waals surface area contributed by atoms with Crippen LogP contribution in [0, 0.1) is 23.7 Å². The average molecular weight is 245 g/mol. The van der Waals surface area contributed by atoms with Gasteiger partial charge in [0, 0.05) is 12.7 Å². The zero-order chi connectivity index (χ0) is 12.2. The van der Waals surface area contributed by atoms with Crippen LogP contribution in [0.4, 0.5) is 0 Å². The second-order valence-electron chi connectivity index (χ2n) is 6.34. The largest absolute Gasteiger partial charge is 0.373 e. The topological polar surface area (TPSA) is 47.9 Å². The lowest BCUT2D eigenvalue weighted by atomic mass is 9.48. The molecule has 1 aromatic rings. The van der Waals surface area contributed by atoms with Crippen molar-refractivity contribution in [1.82, 2.24) is 15.4 Å². The molecular formula is C14H19N3O. The molecular weight excluding hydrogens is 226 g/mol. The first-order chi connectivity index (χ1) is 8.83. The lowest BCUT2D eigenvalue weighted by Crippen LogP contribution is -2.56. The Morgan fingerprint density at radius 1 is 1.00 bits per heavy atom. The molecule has 0 amide bonds. The van der Waals surface area contributed by atoms with Crippen molar-refractivity contribution in [3.8, 4) is 0 Å². The summed E-state index contributed by atoms with van der Waals surface area (Å²) in [5.74, 6) is 3.20. The van der Waals surface area contributed by atoms with Crippen LogP contribution >= 0.6 is 0 Å². The van der Waals surface area contributed by atoms with Gasteiger partial charge in [0.25, 0.3) is 0 Å². The molecule has 0 aliphatic heterocycles. The molecule has 0 aromatic carbocycles. The van der Waals surface area contributed by atoms with Crippen molar-refractivity contribution < 1.29 is 4.74 Å². The molecule has 4 aliphatic rings. The van der Waals surface area contributed by atoms with Crippen molar-refractivity contribution in [2.24, 2.45) is 23.7 Å². The zero-order valence-electron chi connectivity index (χ0n) is 10.7. The molecule has 5 rings (SSSR count). The fourth-order valence-electron chi connectivity index (χ4n) is 5.25. The summed E-state index contributed by atoms with van der Waals surface area (Å²) >= 11 is 0. The van der Waals surface area contributed by atoms with Gasteiger partial charge in [-0.1, -0.05) is 0 Å². The molecule has 4 heteroatoms. The monoisotopic (exact) mass is 245 g/mol. The van der Waals surface area contributed by atoms with Crippen LogP contribution in [0.25, 0.3) is 0 Å². The predicted molar refractivity (Wildman–Crippen MR) is 65.6 cm³/mol. The van der Waals surface area contributed by atoms with Gasteiger partial charge in [-0.25, -0.2) is 0 Å². The maximum Gasteiger partial charge on any atom is 0.101 e. The molecule has 4 fully saturated rings. The standard InChI is InChI=1S/C14H19N3O/c1-18-14(13-7-15-17-16-8-13)11-3-9-2-10(5-11)6-12(14)4-9/h7-12H,2-6H2,1H3. The fraction of sp³-hybridized carbons (Fsp3) is 0.786. The fourth-order valence-corrected chi connectivity index (χ4v) is 5.25. The Bertz CT molecular complexity index is 420. The van der Waals surface area contributed by atoms with Crippen molar-refractivity contribution >= 4 is 0 Å². The number of rotatable bonds is 2. The molecule has 4 saturated carbocycles. The third-order valence-corrected chi connectivity index (χ3v) is 5.64. The Balaban J connectivity index is 1.81. The maximum atomic E-state index is 6.09. The molecule has 0 radical (unpaired) electrons. The summed E-state index contributed by atoms with van der Waals surface area (Å²) in [5, 5.41) is 11.6. The quantitative estimate of drug-likeness (QED) is 0.801. The third kappa shape index (κ3) is 1.27. The molecule has 0 N–H and O–H groups in total. The van der Waals surface area contributed by atoms with Crippen molar-refractivity contribution in [3.63, 3.8) is 0 Å². The Labute approximate surface area is 107 Å². The molecule has 4 nitrogen and oxygen atoms in total.